The van der Waals surface area contributed by atoms with Crippen molar-refractivity contribution in [3.8, 4) is 5.88 Å². The molecule has 0 saturated carbocycles. The molecule has 0 fully saturated rings. The fraction of sp³-hybridized carbons (Fsp3) is 0.238. The normalized spacial score (nSPS) is 12.6. The number of nitrogens with zero attached hydrogens (tertiary/aromatic N) is 4. The van der Waals surface area contributed by atoms with E-state index in [0.29, 0.717) is 24.7 Å². The van der Waals surface area contributed by atoms with Gasteiger partial charge in [-0.3, -0.25) is 9.78 Å². The molecule has 7 nitrogen and oxygen atoms in total. The van der Waals surface area contributed by atoms with Crippen molar-refractivity contribution in [1.82, 2.24) is 20.3 Å². The van der Waals surface area contributed by atoms with Crippen LogP contribution in [0.15, 0.2) is 53.3 Å². The predicted octanol–water partition coefficient (Wildman–Crippen LogP) is 3.66. The number of amides is 1. The Morgan fingerprint density at radius 2 is 2.17 bits per heavy atom. The van der Waals surface area contributed by atoms with E-state index in [1.165, 1.54) is 11.8 Å². The van der Waals surface area contributed by atoms with E-state index in [2.05, 4.69) is 42.3 Å². The SMILES string of the molecule is CCOc1nc(N2CCc3cc(Br)ccc32)ncc1C(=O)NCc1ccccn1. The van der Waals surface area contributed by atoms with Gasteiger partial charge in [0.05, 0.1) is 18.8 Å². The van der Waals surface area contributed by atoms with Gasteiger partial charge in [0.25, 0.3) is 5.91 Å². The minimum Gasteiger partial charge on any atom is -0.477 e. The summed E-state index contributed by atoms with van der Waals surface area (Å²) in [6.07, 6.45) is 4.13. The molecule has 0 saturated heterocycles. The van der Waals surface area contributed by atoms with Crippen molar-refractivity contribution in [3.05, 3.63) is 70.1 Å². The number of aromatic nitrogens is 3. The van der Waals surface area contributed by atoms with Crippen LogP contribution >= 0.6 is 15.9 Å². The largest absolute Gasteiger partial charge is 0.477 e. The number of ether oxygens (including phenoxy) is 1. The van der Waals surface area contributed by atoms with Gasteiger partial charge in [-0.05, 0) is 49.2 Å². The van der Waals surface area contributed by atoms with E-state index in [1.807, 2.05) is 42.2 Å². The topological polar surface area (TPSA) is 80.2 Å². The van der Waals surface area contributed by atoms with Crippen LogP contribution in [0, 0.1) is 0 Å². The van der Waals surface area contributed by atoms with Gasteiger partial charge in [0.15, 0.2) is 0 Å². The van der Waals surface area contributed by atoms with Gasteiger partial charge in [0.2, 0.25) is 11.8 Å². The standard InChI is InChI=1S/C21H20BrN5O2/c1-2-29-20-17(19(28)24-12-16-5-3-4-9-23-16)13-25-21(26-20)27-10-8-14-11-15(22)6-7-18(14)27/h3-7,9,11,13H,2,8,10,12H2,1H3,(H,24,28). The quantitative estimate of drug-likeness (QED) is 0.613. The van der Waals surface area contributed by atoms with Crippen LogP contribution in [0.3, 0.4) is 0 Å². The van der Waals surface area contributed by atoms with Gasteiger partial charge in [-0.2, -0.15) is 4.98 Å². The average Bonchev–Trinajstić information content (AvgIpc) is 3.16. The van der Waals surface area contributed by atoms with E-state index in [-0.39, 0.29) is 11.8 Å². The Morgan fingerprint density at radius 1 is 1.28 bits per heavy atom. The number of halogens is 1. The highest BCUT2D eigenvalue weighted by atomic mass is 79.9. The van der Waals surface area contributed by atoms with Crippen LogP contribution in [0.5, 0.6) is 5.88 Å². The summed E-state index contributed by atoms with van der Waals surface area (Å²) in [5.41, 5.74) is 3.39. The maximum atomic E-state index is 12.7. The second-order valence-electron chi connectivity index (χ2n) is 6.50. The molecule has 0 spiro atoms. The molecule has 0 radical (unpaired) electrons. The monoisotopic (exact) mass is 453 g/mol. The predicted molar refractivity (Wildman–Crippen MR) is 113 cm³/mol. The van der Waals surface area contributed by atoms with Gasteiger partial charge in [-0.1, -0.05) is 22.0 Å². The first-order chi connectivity index (χ1) is 14.2. The molecule has 1 aromatic carbocycles. The smallest absolute Gasteiger partial charge is 0.258 e. The maximum Gasteiger partial charge on any atom is 0.258 e. The Kier molecular flexibility index (Phi) is 5.71. The molecular weight excluding hydrogens is 434 g/mol. The number of hydrogen-bond acceptors (Lipinski definition) is 6. The molecule has 0 unspecified atom stereocenters. The molecule has 1 amide bonds. The molecule has 148 valence electrons. The van der Waals surface area contributed by atoms with Crippen LogP contribution < -0.4 is 15.0 Å². The van der Waals surface area contributed by atoms with Crippen LogP contribution in [0.4, 0.5) is 11.6 Å². The Balaban J connectivity index is 1.57. The van der Waals surface area contributed by atoms with Crippen molar-refractivity contribution in [2.45, 2.75) is 19.9 Å². The molecule has 29 heavy (non-hydrogen) atoms. The van der Waals surface area contributed by atoms with Gasteiger partial charge < -0.3 is 15.0 Å². The number of nitrogens with one attached hydrogen (secondary N) is 1. The minimum atomic E-state index is -0.295. The van der Waals surface area contributed by atoms with Gasteiger partial charge in [0.1, 0.15) is 5.56 Å². The van der Waals surface area contributed by atoms with Crippen LogP contribution in [0.1, 0.15) is 28.5 Å². The van der Waals surface area contributed by atoms with E-state index >= 15 is 0 Å². The zero-order chi connectivity index (χ0) is 20.2. The lowest BCUT2D eigenvalue weighted by atomic mass is 10.2. The molecule has 8 heteroatoms. The zero-order valence-electron chi connectivity index (χ0n) is 15.9. The molecule has 3 aromatic rings. The van der Waals surface area contributed by atoms with E-state index < -0.39 is 0 Å². The number of hydrogen-bond donors (Lipinski definition) is 1. The lowest BCUT2D eigenvalue weighted by Crippen LogP contribution is -2.25. The van der Waals surface area contributed by atoms with E-state index in [9.17, 15) is 4.79 Å². The van der Waals surface area contributed by atoms with Gasteiger partial charge in [0, 0.05) is 29.1 Å². The number of rotatable bonds is 6. The molecule has 1 aliphatic heterocycles. The van der Waals surface area contributed by atoms with E-state index in [0.717, 1.165) is 28.8 Å². The Bertz CT molecular complexity index is 1030. The lowest BCUT2D eigenvalue weighted by molar-refractivity contribution is 0.0945. The highest BCUT2D eigenvalue weighted by Crippen LogP contribution is 2.35. The third-order valence-electron chi connectivity index (χ3n) is 4.60. The van der Waals surface area contributed by atoms with Crippen molar-refractivity contribution in [1.29, 1.82) is 0 Å². The number of carbonyl (C=O) groups excluding carboxylic acids is 1. The van der Waals surface area contributed by atoms with Crippen LogP contribution in [-0.4, -0.2) is 34.0 Å². The Morgan fingerprint density at radius 3 is 2.97 bits per heavy atom. The summed E-state index contributed by atoms with van der Waals surface area (Å²) in [6, 6.07) is 11.7. The fourth-order valence-electron chi connectivity index (χ4n) is 3.24. The Labute approximate surface area is 177 Å². The molecule has 0 atom stereocenters. The van der Waals surface area contributed by atoms with Crippen LogP contribution in [0.2, 0.25) is 0 Å². The summed E-state index contributed by atoms with van der Waals surface area (Å²) in [4.78, 5) is 27.9. The highest BCUT2D eigenvalue weighted by molar-refractivity contribution is 9.10. The zero-order valence-corrected chi connectivity index (χ0v) is 17.5. The fourth-order valence-corrected chi connectivity index (χ4v) is 3.65. The highest BCUT2D eigenvalue weighted by Gasteiger charge is 2.25. The molecule has 2 aromatic heterocycles. The average molecular weight is 454 g/mol. The summed E-state index contributed by atoms with van der Waals surface area (Å²) in [7, 11) is 0. The number of benzene rings is 1. The molecule has 3 heterocycles. The second kappa shape index (κ2) is 8.57. The molecule has 4 rings (SSSR count). The van der Waals surface area contributed by atoms with Crippen molar-refractivity contribution >= 4 is 33.5 Å². The molecular formula is C21H20BrN5O2. The van der Waals surface area contributed by atoms with Gasteiger partial charge in [-0.25, -0.2) is 4.98 Å². The summed E-state index contributed by atoms with van der Waals surface area (Å²) in [5, 5.41) is 2.84. The third-order valence-corrected chi connectivity index (χ3v) is 5.09. The van der Waals surface area contributed by atoms with Crippen molar-refractivity contribution in [3.63, 3.8) is 0 Å². The number of carbonyl (C=O) groups is 1. The van der Waals surface area contributed by atoms with Crippen LogP contribution in [0.25, 0.3) is 0 Å². The summed E-state index contributed by atoms with van der Waals surface area (Å²) < 4.78 is 6.71. The Hall–Kier alpha value is -3.00. The first kappa shape index (κ1) is 19.3. The van der Waals surface area contributed by atoms with Crippen molar-refractivity contribution < 1.29 is 9.53 Å². The van der Waals surface area contributed by atoms with Crippen LogP contribution in [-0.2, 0) is 13.0 Å². The molecule has 1 N–H and O–H groups in total. The molecule has 1 aliphatic rings. The number of fused-ring (bicyclic) bond motifs is 1. The third kappa shape index (κ3) is 4.22. The van der Waals surface area contributed by atoms with Crippen molar-refractivity contribution in [2.24, 2.45) is 0 Å². The minimum absolute atomic E-state index is 0.279. The van der Waals surface area contributed by atoms with Gasteiger partial charge >= 0.3 is 0 Å². The maximum absolute atomic E-state index is 12.7. The molecule has 0 bridgehead atoms. The number of anilines is 2. The van der Waals surface area contributed by atoms with E-state index in [1.54, 1.807) is 6.20 Å². The number of pyridine rings is 1. The van der Waals surface area contributed by atoms with Gasteiger partial charge in [-0.15, -0.1) is 0 Å². The summed E-state index contributed by atoms with van der Waals surface area (Å²) in [5.74, 6) is 0.508. The lowest BCUT2D eigenvalue weighted by Gasteiger charge is -2.19. The van der Waals surface area contributed by atoms with Crippen molar-refractivity contribution in [2.75, 3.05) is 18.1 Å². The molecule has 0 aliphatic carbocycles. The first-order valence-electron chi connectivity index (χ1n) is 9.39. The summed E-state index contributed by atoms with van der Waals surface area (Å²) in [6.45, 7) is 3.37. The second-order valence-corrected chi connectivity index (χ2v) is 7.42. The first-order valence-corrected chi connectivity index (χ1v) is 10.2. The van der Waals surface area contributed by atoms with E-state index in [4.69, 9.17) is 4.74 Å². The summed E-state index contributed by atoms with van der Waals surface area (Å²) >= 11 is 3.51.